The van der Waals surface area contributed by atoms with Crippen molar-refractivity contribution in [2.24, 2.45) is 0 Å². The molecule has 1 saturated heterocycles. The molecule has 7 heteroatoms. The van der Waals surface area contributed by atoms with Crippen molar-refractivity contribution >= 4 is 23.3 Å². The van der Waals surface area contributed by atoms with E-state index < -0.39 is 0 Å². The molecule has 1 fully saturated rings. The van der Waals surface area contributed by atoms with Gasteiger partial charge in [-0.3, -0.25) is 4.79 Å². The van der Waals surface area contributed by atoms with Crippen LogP contribution in [-0.2, 0) is 6.54 Å². The van der Waals surface area contributed by atoms with E-state index in [2.05, 4.69) is 16.3 Å². The number of carbonyl (C=O) groups excluding carboxylic acids is 2. The van der Waals surface area contributed by atoms with Gasteiger partial charge in [0.2, 0.25) is 0 Å². The monoisotopic (exact) mass is 470 g/mol. The van der Waals surface area contributed by atoms with Crippen molar-refractivity contribution in [3.63, 3.8) is 0 Å². The molecule has 2 amide bonds. The third kappa shape index (κ3) is 4.46. The van der Waals surface area contributed by atoms with Crippen molar-refractivity contribution in [2.45, 2.75) is 46.2 Å². The highest BCUT2D eigenvalue weighted by Crippen LogP contribution is 2.30. The normalized spacial score (nSPS) is 16.1. The Balaban J connectivity index is 1.31. The van der Waals surface area contributed by atoms with Crippen molar-refractivity contribution in [2.75, 3.05) is 23.3 Å². The minimum Gasteiger partial charge on any atom is -0.507 e. The van der Waals surface area contributed by atoms with Crippen LogP contribution < -0.4 is 10.2 Å². The maximum Gasteiger partial charge on any atom is 0.322 e. The second kappa shape index (κ2) is 9.06. The molecule has 0 spiro atoms. The Kier molecular flexibility index (Phi) is 5.93. The molecule has 2 aliphatic rings. The lowest BCUT2D eigenvalue weighted by atomic mass is 9.98. The van der Waals surface area contributed by atoms with E-state index >= 15 is 0 Å². The van der Waals surface area contributed by atoms with E-state index in [0.29, 0.717) is 28.8 Å². The van der Waals surface area contributed by atoms with Gasteiger partial charge in [0, 0.05) is 48.2 Å². The van der Waals surface area contributed by atoms with Crippen LogP contribution in [0.1, 0.15) is 51.1 Å². The molecular weight excluding hydrogens is 440 g/mol. The molecule has 1 aromatic heterocycles. The summed E-state index contributed by atoms with van der Waals surface area (Å²) in [5.41, 5.74) is 5.34. The number of pyridine rings is 1. The first-order valence-electron chi connectivity index (χ1n) is 12.0. The Labute approximate surface area is 205 Å². The topological polar surface area (TPSA) is 85.8 Å². The highest BCUT2D eigenvalue weighted by atomic mass is 16.3. The van der Waals surface area contributed by atoms with Crippen LogP contribution >= 0.6 is 0 Å². The number of nitrogens with zero attached hydrogens (tertiary/aromatic N) is 3. The SMILES string of the molecule is Cc1cc(C(=O)c2cc(C)c(O)c(C)c2)cc(N2CCC(N3Cc4ccccc4NC3=O)CC2)n1. The lowest BCUT2D eigenvalue weighted by Gasteiger charge is -2.41. The first-order chi connectivity index (χ1) is 16.8. The molecule has 0 atom stereocenters. The Hall–Kier alpha value is -3.87. The quantitative estimate of drug-likeness (QED) is 0.527. The second-order valence-electron chi connectivity index (χ2n) is 9.58. The largest absolute Gasteiger partial charge is 0.507 e. The van der Waals surface area contributed by atoms with Crippen LogP contribution in [0, 0.1) is 20.8 Å². The minimum absolute atomic E-state index is 0.0387. The molecule has 180 valence electrons. The molecule has 3 heterocycles. The maximum atomic E-state index is 13.3. The molecule has 5 rings (SSSR count). The summed E-state index contributed by atoms with van der Waals surface area (Å²) < 4.78 is 0. The Morgan fingerprint density at radius 1 is 1.00 bits per heavy atom. The van der Waals surface area contributed by atoms with Gasteiger partial charge in [0.15, 0.2) is 5.78 Å². The molecular formula is C28H30N4O3. The van der Waals surface area contributed by atoms with Crippen molar-refractivity contribution < 1.29 is 14.7 Å². The molecule has 7 nitrogen and oxygen atoms in total. The highest BCUT2D eigenvalue weighted by Gasteiger charge is 2.32. The zero-order valence-corrected chi connectivity index (χ0v) is 20.3. The van der Waals surface area contributed by atoms with Gasteiger partial charge in [-0.2, -0.15) is 0 Å². The van der Waals surface area contributed by atoms with E-state index in [1.807, 2.05) is 42.2 Å². The summed E-state index contributed by atoms with van der Waals surface area (Å²) >= 11 is 0. The summed E-state index contributed by atoms with van der Waals surface area (Å²) in [6, 6.07) is 15.2. The van der Waals surface area contributed by atoms with Gasteiger partial charge < -0.3 is 20.2 Å². The van der Waals surface area contributed by atoms with E-state index in [4.69, 9.17) is 4.98 Å². The zero-order chi connectivity index (χ0) is 24.7. The van der Waals surface area contributed by atoms with Gasteiger partial charge in [-0.15, -0.1) is 0 Å². The molecule has 2 N–H and O–H groups in total. The number of ketones is 1. The van der Waals surface area contributed by atoms with E-state index in [1.165, 1.54) is 0 Å². The number of para-hydroxylation sites is 1. The number of anilines is 2. The van der Waals surface area contributed by atoms with Gasteiger partial charge in [0.1, 0.15) is 11.6 Å². The van der Waals surface area contributed by atoms with Gasteiger partial charge in [-0.05, 0) is 80.6 Å². The molecule has 0 bridgehead atoms. The number of fused-ring (bicyclic) bond motifs is 1. The van der Waals surface area contributed by atoms with Crippen molar-refractivity contribution in [3.8, 4) is 5.75 Å². The molecule has 0 aliphatic carbocycles. The minimum atomic E-state index is -0.0820. The summed E-state index contributed by atoms with van der Waals surface area (Å²) in [6.45, 7) is 7.64. The van der Waals surface area contributed by atoms with Gasteiger partial charge >= 0.3 is 6.03 Å². The Morgan fingerprint density at radius 2 is 1.66 bits per heavy atom. The zero-order valence-electron chi connectivity index (χ0n) is 20.3. The molecule has 2 aliphatic heterocycles. The fourth-order valence-corrected chi connectivity index (χ4v) is 5.12. The number of hydrogen-bond donors (Lipinski definition) is 2. The van der Waals surface area contributed by atoms with Crippen molar-refractivity contribution in [1.82, 2.24) is 9.88 Å². The fourth-order valence-electron chi connectivity index (χ4n) is 5.12. The summed E-state index contributed by atoms with van der Waals surface area (Å²) in [5.74, 6) is 0.927. The number of rotatable bonds is 4. The third-order valence-corrected chi connectivity index (χ3v) is 7.05. The second-order valence-corrected chi connectivity index (χ2v) is 9.58. The number of urea groups is 1. The first-order valence-corrected chi connectivity index (χ1v) is 12.0. The molecule has 2 aromatic carbocycles. The van der Waals surface area contributed by atoms with Gasteiger partial charge in [0.25, 0.3) is 0 Å². The van der Waals surface area contributed by atoms with Crippen LogP contribution in [0.4, 0.5) is 16.3 Å². The summed E-state index contributed by atoms with van der Waals surface area (Å²) in [4.78, 5) is 34.8. The first kappa shape index (κ1) is 22.9. The highest BCUT2D eigenvalue weighted by molar-refractivity contribution is 6.09. The van der Waals surface area contributed by atoms with Gasteiger partial charge in [-0.1, -0.05) is 18.2 Å². The van der Waals surface area contributed by atoms with Crippen LogP contribution in [0.25, 0.3) is 0 Å². The smallest absolute Gasteiger partial charge is 0.322 e. The van der Waals surface area contributed by atoms with E-state index in [-0.39, 0.29) is 23.6 Å². The van der Waals surface area contributed by atoms with E-state index in [0.717, 1.165) is 48.7 Å². The van der Waals surface area contributed by atoms with Crippen LogP contribution in [-0.4, -0.2) is 45.9 Å². The van der Waals surface area contributed by atoms with Crippen LogP contribution in [0.15, 0.2) is 48.5 Å². The molecule has 0 radical (unpaired) electrons. The lowest BCUT2D eigenvalue weighted by molar-refractivity contribution is 0.103. The molecule has 3 aromatic rings. The van der Waals surface area contributed by atoms with E-state index in [9.17, 15) is 14.7 Å². The van der Waals surface area contributed by atoms with Crippen molar-refractivity contribution in [3.05, 3.63) is 82.0 Å². The number of phenols is 1. The molecule has 35 heavy (non-hydrogen) atoms. The number of benzene rings is 2. The Bertz CT molecular complexity index is 1290. The van der Waals surface area contributed by atoms with Crippen LogP contribution in [0.5, 0.6) is 5.75 Å². The summed E-state index contributed by atoms with van der Waals surface area (Å²) in [7, 11) is 0. The molecule has 0 unspecified atom stereocenters. The number of aromatic nitrogens is 1. The van der Waals surface area contributed by atoms with Crippen molar-refractivity contribution in [1.29, 1.82) is 0 Å². The van der Waals surface area contributed by atoms with Gasteiger partial charge in [0.05, 0.1) is 0 Å². The number of phenolic OH excluding ortho intramolecular Hbond substituents is 1. The standard InChI is InChI=1S/C28H30N4O3/c1-17-12-21(13-18(2)26(17)33)27(34)22-14-19(3)29-25(15-22)31-10-8-23(9-11-31)32-16-20-6-4-5-7-24(20)30-28(32)35/h4-7,12-15,23,33H,8-11,16H2,1-3H3,(H,30,35). The number of aromatic hydroxyl groups is 1. The number of nitrogens with one attached hydrogen (secondary N) is 1. The van der Waals surface area contributed by atoms with E-state index in [1.54, 1.807) is 26.0 Å². The number of amides is 2. The number of hydrogen-bond acceptors (Lipinski definition) is 5. The number of carbonyl (C=O) groups is 2. The Morgan fingerprint density at radius 3 is 2.37 bits per heavy atom. The maximum absolute atomic E-state index is 13.3. The number of piperidine rings is 1. The van der Waals surface area contributed by atoms with Crippen LogP contribution in [0.2, 0.25) is 0 Å². The lowest BCUT2D eigenvalue weighted by Crippen LogP contribution is -2.50. The van der Waals surface area contributed by atoms with Gasteiger partial charge in [-0.25, -0.2) is 9.78 Å². The van der Waals surface area contributed by atoms with Crippen LogP contribution in [0.3, 0.4) is 0 Å². The summed E-state index contributed by atoms with van der Waals surface area (Å²) in [5, 5.41) is 13.1. The third-order valence-electron chi connectivity index (χ3n) is 7.05. The fraction of sp³-hybridized carbons (Fsp3) is 0.321. The number of aryl methyl sites for hydroxylation is 3. The summed E-state index contributed by atoms with van der Waals surface area (Å²) in [6.07, 6.45) is 1.68. The predicted octanol–water partition coefficient (Wildman–Crippen LogP) is 4.96. The predicted molar refractivity (Wildman–Crippen MR) is 136 cm³/mol. The average molecular weight is 471 g/mol. The average Bonchev–Trinajstić information content (AvgIpc) is 2.86. The molecule has 0 saturated carbocycles.